The van der Waals surface area contributed by atoms with Gasteiger partial charge in [-0.2, -0.15) is 0 Å². The van der Waals surface area contributed by atoms with Crippen molar-refractivity contribution in [3.05, 3.63) is 0 Å². The summed E-state index contributed by atoms with van der Waals surface area (Å²) in [5.41, 5.74) is 0. The maximum absolute atomic E-state index is 2.39. The molecule has 10 heteroatoms. The first-order chi connectivity index (χ1) is 12.5. The fourth-order valence-corrected chi connectivity index (χ4v) is 25.5. The molecule has 0 saturated carbocycles. The molecule has 0 aliphatic heterocycles. The van der Waals surface area contributed by atoms with E-state index in [0.29, 0.717) is 0 Å². The minimum atomic E-state index is 0. The third kappa shape index (κ3) is 76.7. The van der Waals surface area contributed by atoms with E-state index < -0.39 is 0 Å². The molecule has 0 aliphatic rings. The molecule has 0 amide bonds. The van der Waals surface area contributed by atoms with Crippen LogP contribution in [0, 0.1) is 0 Å². The molecule has 0 aromatic heterocycles. The van der Waals surface area contributed by atoms with Crippen LogP contribution in [0.3, 0.4) is 0 Å². The standard InChI is InChI=1S/4C5H14P2.2Pt/c4*1-6(2)5-7(3)4;;/h4*5H2,1-4H3;;/p+8. The molecule has 0 N–H and O–H groups in total. The zero-order valence-electron chi connectivity index (χ0n) is 23.5. The van der Waals surface area contributed by atoms with Gasteiger partial charge in [0.2, 0.25) is 0 Å². The van der Waals surface area contributed by atoms with Crippen LogP contribution >= 0.6 is 63.4 Å². The largest absolute Gasteiger partial charge is 0.154 e. The zero-order valence-corrected chi connectivity index (χ0v) is 36.0. The van der Waals surface area contributed by atoms with Gasteiger partial charge < -0.3 is 0 Å². The van der Waals surface area contributed by atoms with Crippen LogP contribution in [-0.2, 0) is 42.1 Å². The Kier molecular flexibility index (Phi) is 54.0. The second kappa shape index (κ2) is 33.8. The molecule has 0 aromatic carbocycles. The van der Waals surface area contributed by atoms with Crippen LogP contribution in [0.15, 0.2) is 0 Å². The summed E-state index contributed by atoms with van der Waals surface area (Å²) in [6, 6.07) is 0. The molecule has 0 fully saturated rings. The van der Waals surface area contributed by atoms with Crippen molar-refractivity contribution in [2.45, 2.75) is 0 Å². The van der Waals surface area contributed by atoms with Crippen molar-refractivity contribution in [1.29, 1.82) is 0 Å². The average Bonchev–Trinajstić information content (AvgIpc) is 2.32. The molecule has 0 aromatic rings. The Morgan fingerprint density at radius 1 is 0.233 bits per heavy atom. The zero-order chi connectivity index (χ0) is 23.4. The van der Waals surface area contributed by atoms with Crippen molar-refractivity contribution >= 4 is 63.4 Å². The van der Waals surface area contributed by atoms with Crippen molar-refractivity contribution in [2.24, 2.45) is 0 Å². The van der Waals surface area contributed by atoms with Gasteiger partial charge in [0.15, 0.2) is 23.6 Å². The summed E-state index contributed by atoms with van der Waals surface area (Å²) in [6.45, 7) is 38.3. The van der Waals surface area contributed by atoms with Crippen LogP contribution in [0.1, 0.15) is 0 Å². The first-order valence-corrected chi connectivity index (χ1v) is 32.5. The quantitative estimate of drug-likeness (QED) is 0.221. The van der Waals surface area contributed by atoms with E-state index in [9.17, 15) is 0 Å². The normalized spacial score (nSPS) is 10.4. The van der Waals surface area contributed by atoms with Crippen LogP contribution in [0.2, 0.25) is 0 Å². The Bertz CT molecular complexity index is 208. The molecule has 0 radical (unpaired) electrons. The van der Waals surface area contributed by atoms with Gasteiger partial charge in [-0.05, 0) is 0 Å². The minimum absolute atomic E-state index is 0. The van der Waals surface area contributed by atoms with Gasteiger partial charge in [-0.3, -0.25) is 0 Å². The number of hydrogen-bond donors (Lipinski definition) is 0. The molecule has 0 bridgehead atoms. The maximum Gasteiger partial charge on any atom is 0.154 e. The summed E-state index contributed by atoms with van der Waals surface area (Å²) >= 11 is 0. The molecule has 0 spiro atoms. The predicted molar refractivity (Wildman–Crippen MR) is 181 cm³/mol. The molecule has 0 nitrogen and oxygen atoms in total. The van der Waals surface area contributed by atoms with Gasteiger partial charge in [0.25, 0.3) is 0 Å². The Balaban J connectivity index is -0.0000000626. The van der Waals surface area contributed by atoms with Gasteiger partial charge in [-0.1, -0.05) is 0 Å². The van der Waals surface area contributed by atoms with Crippen LogP contribution in [0.4, 0.5) is 0 Å². The summed E-state index contributed by atoms with van der Waals surface area (Å²) in [5, 5.41) is 0. The van der Waals surface area contributed by atoms with Gasteiger partial charge in [0.1, 0.15) is 0 Å². The first kappa shape index (κ1) is 47.9. The summed E-state index contributed by atoms with van der Waals surface area (Å²) in [6.07, 6.45) is 0. The van der Waals surface area contributed by atoms with Crippen molar-refractivity contribution in [1.82, 2.24) is 0 Å². The van der Waals surface area contributed by atoms with Crippen molar-refractivity contribution in [2.75, 3.05) is 130 Å². The van der Waals surface area contributed by atoms with Crippen LogP contribution in [0.25, 0.3) is 0 Å². The first-order valence-electron chi connectivity index (χ1n) is 10.8. The Morgan fingerprint density at radius 2 is 0.300 bits per heavy atom. The van der Waals surface area contributed by atoms with E-state index in [-0.39, 0.29) is 106 Å². The van der Waals surface area contributed by atoms with E-state index in [1.54, 1.807) is 23.6 Å². The third-order valence-corrected chi connectivity index (χ3v) is 25.5. The fourth-order valence-electron chi connectivity index (χ4n) is 2.83. The van der Waals surface area contributed by atoms with Crippen LogP contribution in [0.5, 0.6) is 0 Å². The number of hydrogen-bond acceptors (Lipinski definition) is 0. The Morgan fingerprint density at radius 3 is 0.300 bits per heavy atom. The molecule has 0 unspecified atom stereocenters. The van der Waals surface area contributed by atoms with Crippen LogP contribution < -0.4 is 0 Å². The van der Waals surface area contributed by atoms with Gasteiger partial charge in [-0.25, -0.2) is 0 Å². The second-order valence-corrected chi connectivity index (χ2v) is 35.3. The topological polar surface area (TPSA) is 0 Å². The van der Waals surface area contributed by atoms with E-state index in [2.05, 4.69) is 107 Å². The summed E-state index contributed by atoms with van der Waals surface area (Å²) in [4.78, 5) is 0. The number of rotatable bonds is 8. The van der Waals surface area contributed by atoms with Crippen LogP contribution in [-0.4, -0.2) is 130 Å². The van der Waals surface area contributed by atoms with E-state index in [4.69, 9.17) is 0 Å². The SMILES string of the molecule is C[PH+](C)C[PH+](C)C.C[PH+](C)C[PH+](C)C.C[PH+](C)C[PH+](C)C.C[PH+](C)C[PH+](C)C.[Pt].[Pt]. The van der Waals surface area contributed by atoms with Crippen molar-refractivity contribution in [3.8, 4) is 0 Å². The molecule has 0 heterocycles. The van der Waals surface area contributed by atoms with E-state index in [1.165, 1.54) is 0 Å². The summed E-state index contributed by atoms with van der Waals surface area (Å²) in [5.74, 6) is 6.26. The molecule has 0 saturated heterocycles. The van der Waals surface area contributed by atoms with Gasteiger partial charge in [0.05, 0.1) is 0 Å². The van der Waals surface area contributed by atoms with Crippen molar-refractivity contribution in [3.63, 3.8) is 0 Å². The second-order valence-electron chi connectivity index (χ2n) is 10.4. The molecule has 0 aliphatic carbocycles. The van der Waals surface area contributed by atoms with E-state index in [0.717, 1.165) is 0 Å². The monoisotopic (exact) mass is 942 g/mol. The fraction of sp³-hybridized carbons (Fsp3) is 1.00. The Labute approximate surface area is 233 Å². The maximum atomic E-state index is 2.39. The molecule has 30 heavy (non-hydrogen) atoms. The van der Waals surface area contributed by atoms with Gasteiger partial charge >= 0.3 is 0 Å². The third-order valence-electron chi connectivity index (χ3n) is 2.83. The molecule has 0 atom stereocenters. The van der Waals surface area contributed by atoms with Gasteiger partial charge in [0, 0.05) is 212 Å². The van der Waals surface area contributed by atoms with E-state index in [1.807, 2.05) is 0 Å². The van der Waals surface area contributed by atoms with Crippen molar-refractivity contribution < 1.29 is 42.1 Å². The molecular formula is C20H64P8Pt2+8. The molecular weight excluding hydrogens is 878 g/mol. The minimum Gasteiger partial charge on any atom is 0 e. The molecule has 196 valence electrons. The molecule has 0 rings (SSSR count). The van der Waals surface area contributed by atoms with Gasteiger partial charge in [-0.15, -0.1) is 0 Å². The predicted octanol–water partition coefficient (Wildman–Crippen LogP) is 7.56. The smallest absolute Gasteiger partial charge is 0 e. The summed E-state index contributed by atoms with van der Waals surface area (Å²) < 4.78 is 0. The van der Waals surface area contributed by atoms with E-state index >= 15 is 0 Å². The summed E-state index contributed by atoms with van der Waals surface area (Å²) in [7, 11) is 0.889. The Hall–Kier alpha value is 4.82. The average molecular weight is 943 g/mol.